The number of piperidine rings is 1. The minimum absolute atomic E-state index is 0.0170. The van der Waals surface area contributed by atoms with Crippen LogP contribution in [0.2, 0.25) is 0 Å². The van der Waals surface area contributed by atoms with Crippen molar-refractivity contribution < 1.29 is 4.79 Å². The monoisotopic (exact) mass is 324 g/mol. The Morgan fingerprint density at radius 1 is 1.42 bits per heavy atom. The van der Waals surface area contributed by atoms with Gasteiger partial charge in [0, 0.05) is 22.6 Å². The molecule has 1 aromatic carbocycles. The lowest BCUT2D eigenvalue weighted by atomic mass is 10.0. The lowest BCUT2D eigenvalue weighted by Gasteiger charge is -2.32. The normalized spacial score (nSPS) is 20.3. The van der Waals surface area contributed by atoms with Crippen LogP contribution in [0, 0.1) is 6.92 Å². The fraction of sp³-hybridized carbons (Fsp3) is 0.533. The molecule has 1 N–H and O–H groups in total. The highest BCUT2D eigenvalue weighted by Crippen LogP contribution is 2.16. The molecule has 0 aromatic heterocycles. The molecule has 0 saturated carbocycles. The molecule has 1 atom stereocenters. The highest BCUT2D eigenvalue weighted by molar-refractivity contribution is 9.10. The van der Waals surface area contributed by atoms with Crippen molar-refractivity contribution >= 4 is 21.8 Å². The van der Waals surface area contributed by atoms with E-state index in [9.17, 15) is 4.79 Å². The number of likely N-dealkylation sites (N-methyl/N-ethyl adjacent to an activating group) is 1. The summed E-state index contributed by atoms with van der Waals surface area (Å²) < 4.78 is 0.951. The van der Waals surface area contributed by atoms with E-state index in [1.807, 2.05) is 25.1 Å². The summed E-state index contributed by atoms with van der Waals surface area (Å²) in [5, 5.41) is 3.05. The van der Waals surface area contributed by atoms with Gasteiger partial charge in [-0.1, -0.05) is 22.4 Å². The summed E-state index contributed by atoms with van der Waals surface area (Å²) in [5.41, 5.74) is 1.82. The minimum Gasteiger partial charge on any atom is -0.350 e. The van der Waals surface area contributed by atoms with Crippen molar-refractivity contribution in [2.45, 2.75) is 32.2 Å². The highest BCUT2D eigenvalue weighted by Gasteiger charge is 2.19. The maximum Gasteiger partial charge on any atom is 0.251 e. The molecular formula is C15H21BrN2O. The van der Waals surface area contributed by atoms with Gasteiger partial charge in [-0.15, -0.1) is 0 Å². The lowest BCUT2D eigenvalue weighted by Crippen LogP contribution is -2.44. The van der Waals surface area contributed by atoms with E-state index in [2.05, 4.69) is 33.2 Å². The molecule has 1 amide bonds. The van der Waals surface area contributed by atoms with Gasteiger partial charge in [-0.2, -0.15) is 0 Å². The third-order valence-corrected chi connectivity index (χ3v) is 4.18. The zero-order chi connectivity index (χ0) is 13.8. The van der Waals surface area contributed by atoms with Crippen molar-refractivity contribution in [1.29, 1.82) is 0 Å². The number of benzene rings is 1. The summed E-state index contributed by atoms with van der Waals surface area (Å²) in [7, 11) is 2.14. The van der Waals surface area contributed by atoms with Crippen LogP contribution in [0.1, 0.15) is 35.2 Å². The van der Waals surface area contributed by atoms with Crippen molar-refractivity contribution in [1.82, 2.24) is 10.2 Å². The molecule has 1 aliphatic heterocycles. The van der Waals surface area contributed by atoms with E-state index in [4.69, 9.17) is 0 Å². The van der Waals surface area contributed by atoms with Crippen LogP contribution in [0.15, 0.2) is 22.7 Å². The first-order valence-corrected chi connectivity index (χ1v) is 7.61. The van der Waals surface area contributed by atoms with Crippen LogP contribution in [0.4, 0.5) is 0 Å². The van der Waals surface area contributed by atoms with Crippen molar-refractivity contribution in [3.05, 3.63) is 33.8 Å². The number of nitrogens with one attached hydrogen (secondary N) is 1. The number of nitrogens with zero attached hydrogens (tertiary/aromatic N) is 1. The third-order valence-electron chi connectivity index (χ3n) is 3.72. The summed E-state index contributed by atoms with van der Waals surface area (Å²) in [6.45, 7) is 3.87. The molecule has 0 radical (unpaired) electrons. The average molecular weight is 325 g/mol. The van der Waals surface area contributed by atoms with Gasteiger partial charge in [-0.3, -0.25) is 4.79 Å². The first-order valence-electron chi connectivity index (χ1n) is 6.82. The molecule has 1 saturated heterocycles. The molecule has 0 bridgehead atoms. The van der Waals surface area contributed by atoms with E-state index >= 15 is 0 Å². The number of carbonyl (C=O) groups is 1. The molecule has 3 nitrogen and oxygen atoms in total. The van der Waals surface area contributed by atoms with E-state index in [1.165, 1.54) is 19.3 Å². The van der Waals surface area contributed by atoms with Crippen LogP contribution in [0.25, 0.3) is 0 Å². The zero-order valence-corrected chi connectivity index (χ0v) is 13.2. The van der Waals surface area contributed by atoms with E-state index < -0.39 is 0 Å². The largest absolute Gasteiger partial charge is 0.350 e. The van der Waals surface area contributed by atoms with Gasteiger partial charge in [-0.25, -0.2) is 0 Å². The molecule has 0 spiro atoms. The highest BCUT2D eigenvalue weighted by atomic mass is 79.9. The first kappa shape index (κ1) is 14.5. The molecule has 1 heterocycles. The topological polar surface area (TPSA) is 32.3 Å². The molecular weight excluding hydrogens is 304 g/mol. The predicted octanol–water partition coefficient (Wildman–Crippen LogP) is 2.97. The summed E-state index contributed by atoms with van der Waals surface area (Å²) in [5.74, 6) is 0.0170. The minimum atomic E-state index is 0.0170. The van der Waals surface area contributed by atoms with Gasteiger partial charge in [0.25, 0.3) is 5.91 Å². The number of likely N-dealkylation sites (tertiary alicyclic amines) is 1. The second-order valence-corrected chi connectivity index (χ2v) is 6.27. The Bertz CT molecular complexity index is 441. The van der Waals surface area contributed by atoms with Crippen LogP contribution in [0.5, 0.6) is 0 Å². The van der Waals surface area contributed by atoms with Gasteiger partial charge in [0.2, 0.25) is 0 Å². The van der Waals surface area contributed by atoms with Gasteiger partial charge in [-0.05, 0) is 57.1 Å². The second kappa shape index (κ2) is 6.53. The number of hydrogen-bond acceptors (Lipinski definition) is 2. The number of aryl methyl sites for hydroxylation is 1. The Hall–Kier alpha value is -0.870. The van der Waals surface area contributed by atoms with E-state index in [1.54, 1.807) is 0 Å². The lowest BCUT2D eigenvalue weighted by molar-refractivity contribution is 0.0928. The quantitative estimate of drug-likeness (QED) is 0.927. The van der Waals surface area contributed by atoms with Gasteiger partial charge in [0.15, 0.2) is 0 Å². The summed E-state index contributed by atoms with van der Waals surface area (Å²) in [6.07, 6.45) is 3.71. The summed E-state index contributed by atoms with van der Waals surface area (Å²) in [6, 6.07) is 6.27. The van der Waals surface area contributed by atoms with Crippen LogP contribution in [-0.4, -0.2) is 37.0 Å². The standard InChI is InChI=1S/C15H21BrN2O/c1-11-7-12(9-13(16)8-11)15(19)17-10-14-5-3-4-6-18(14)2/h7-9,14H,3-6,10H2,1-2H3,(H,17,19). The number of rotatable bonds is 3. The maximum absolute atomic E-state index is 12.1. The van der Waals surface area contributed by atoms with E-state index in [-0.39, 0.29) is 5.91 Å². The Balaban J connectivity index is 1.93. The summed E-state index contributed by atoms with van der Waals surface area (Å²) >= 11 is 3.43. The first-order chi connectivity index (χ1) is 9.06. The molecule has 1 fully saturated rings. The fourth-order valence-corrected chi connectivity index (χ4v) is 3.19. The molecule has 1 aliphatic rings. The van der Waals surface area contributed by atoms with Crippen LogP contribution in [-0.2, 0) is 0 Å². The predicted molar refractivity (Wildman–Crippen MR) is 81.5 cm³/mol. The Morgan fingerprint density at radius 2 is 2.21 bits per heavy atom. The fourth-order valence-electron chi connectivity index (χ4n) is 2.58. The number of hydrogen-bond donors (Lipinski definition) is 1. The molecule has 104 valence electrons. The van der Waals surface area contributed by atoms with Crippen molar-refractivity contribution in [3.8, 4) is 0 Å². The van der Waals surface area contributed by atoms with Crippen molar-refractivity contribution in [3.63, 3.8) is 0 Å². The Kier molecular flexibility index (Phi) is 4.99. The van der Waals surface area contributed by atoms with Crippen LogP contribution < -0.4 is 5.32 Å². The van der Waals surface area contributed by atoms with Crippen molar-refractivity contribution in [2.24, 2.45) is 0 Å². The number of carbonyl (C=O) groups excluding carboxylic acids is 1. The maximum atomic E-state index is 12.1. The molecule has 1 unspecified atom stereocenters. The van der Waals surface area contributed by atoms with Crippen molar-refractivity contribution in [2.75, 3.05) is 20.1 Å². The van der Waals surface area contributed by atoms with Gasteiger partial charge in [0.1, 0.15) is 0 Å². The summed E-state index contributed by atoms with van der Waals surface area (Å²) in [4.78, 5) is 14.5. The number of amides is 1. The SMILES string of the molecule is Cc1cc(Br)cc(C(=O)NCC2CCCCN2C)c1. The van der Waals surface area contributed by atoms with Gasteiger partial charge in [0.05, 0.1) is 0 Å². The third kappa shape index (κ3) is 4.05. The van der Waals surface area contributed by atoms with Crippen LogP contribution in [0.3, 0.4) is 0 Å². The molecule has 1 aromatic rings. The molecule has 0 aliphatic carbocycles. The zero-order valence-electron chi connectivity index (χ0n) is 11.6. The Morgan fingerprint density at radius 3 is 2.89 bits per heavy atom. The molecule has 2 rings (SSSR count). The van der Waals surface area contributed by atoms with E-state index in [0.717, 1.165) is 28.7 Å². The molecule has 4 heteroatoms. The number of halogens is 1. The smallest absolute Gasteiger partial charge is 0.251 e. The Labute approximate surface area is 123 Å². The van der Waals surface area contributed by atoms with E-state index in [0.29, 0.717) is 6.04 Å². The molecule has 19 heavy (non-hydrogen) atoms. The van der Waals surface area contributed by atoms with Gasteiger partial charge >= 0.3 is 0 Å². The van der Waals surface area contributed by atoms with Gasteiger partial charge < -0.3 is 10.2 Å². The average Bonchev–Trinajstić information content (AvgIpc) is 2.36. The second-order valence-electron chi connectivity index (χ2n) is 5.36. The van der Waals surface area contributed by atoms with Crippen LogP contribution >= 0.6 is 15.9 Å².